The summed E-state index contributed by atoms with van der Waals surface area (Å²) in [6, 6.07) is 5.25. The van der Waals surface area contributed by atoms with E-state index >= 15 is 0 Å². The maximum atomic E-state index is 12.3. The predicted octanol–water partition coefficient (Wildman–Crippen LogP) is 2.95. The van der Waals surface area contributed by atoms with Gasteiger partial charge in [0.2, 0.25) is 0 Å². The van der Waals surface area contributed by atoms with Gasteiger partial charge < -0.3 is 10.0 Å². The maximum Gasteiger partial charge on any atom is 0.255 e. The quantitative estimate of drug-likeness (QED) is 0.859. The summed E-state index contributed by atoms with van der Waals surface area (Å²) in [6.07, 6.45) is 0.315. The van der Waals surface area contributed by atoms with E-state index in [1.165, 1.54) is 0 Å². The number of rotatable bonds is 1. The first-order valence-electron chi connectivity index (χ1n) is 5.91. The first-order chi connectivity index (χ1) is 8.49. The molecule has 1 aliphatic rings. The Bertz CT molecular complexity index is 466. The second-order valence-corrected chi connectivity index (χ2v) is 6.03. The van der Waals surface area contributed by atoms with Crippen molar-refractivity contribution in [2.45, 2.75) is 19.4 Å². The third-order valence-electron chi connectivity index (χ3n) is 3.31. The molecule has 2 rings (SSSR count). The van der Waals surface area contributed by atoms with Gasteiger partial charge in [0, 0.05) is 17.6 Å². The molecule has 98 valence electrons. The van der Waals surface area contributed by atoms with Crippen LogP contribution in [-0.2, 0) is 0 Å². The van der Waals surface area contributed by atoms with Crippen molar-refractivity contribution < 1.29 is 9.90 Å². The standard InChI is InChI=1S/C13H15BrClNO2/c1-8-7-16(5-4-12(8)17)13(18)10-3-2-9(14)6-11(10)15/h2-3,6,8,12,17H,4-5,7H2,1H3. The van der Waals surface area contributed by atoms with E-state index in [0.29, 0.717) is 30.1 Å². The van der Waals surface area contributed by atoms with Crippen LogP contribution in [0.25, 0.3) is 0 Å². The number of halogens is 2. The molecule has 1 N–H and O–H groups in total. The summed E-state index contributed by atoms with van der Waals surface area (Å²) in [5.41, 5.74) is 0.517. The normalized spacial score (nSPS) is 24.1. The zero-order valence-corrected chi connectivity index (χ0v) is 12.4. The lowest BCUT2D eigenvalue weighted by molar-refractivity contribution is 0.0298. The molecule has 0 spiro atoms. The predicted molar refractivity (Wildman–Crippen MR) is 74.8 cm³/mol. The molecule has 0 saturated carbocycles. The molecule has 1 heterocycles. The Kier molecular flexibility index (Phi) is 4.30. The van der Waals surface area contributed by atoms with E-state index in [9.17, 15) is 9.90 Å². The van der Waals surface area contributed by atoms with Crippen LogP contribution in [0, 0.1) is 5.92 Å². The van der Waals surface area contributed by atoms with E-state index in [0.717, 1.165) is 4.47 Å². The second kappa shape index (κ2) is 5.59. The van der Waals surface area contributed by atoms with Crippen molar-refractivity contribution in [2.75, 3.05) is 13.1 Å². The van der Waals surface area contributed by atoms with Crippen LogP contribution in [0.4, 0.5) is 0 Å². The smallest absolute Gasteiger partial charge is 0.255 e. The molecule has 5 heteroatoms. The topological polar surface area (TPSA) is 40.5 Å². The van der Waals surface area contributed by atoms with Gasteiger partial charge in [0.05, 0.1) is 16.7 Å². The molecule has 1 aliphatic heterocycles. The second-order valence-electron chi connectivity index (χ2n) is 4.71. The van der Waals surface area contributed by atoms with Crippen molar-refractivity contribution in [3.05, 3.63) is 33.3 Å². The number of piperidine rings is 1. The van der Waals surface area contributed by atoms with Crippen molar-refractivity contribution in [3.8, 4) is 0 Å². The van der Waals surface area contributed by atoms with Gasteiger partial charge in [-0.05, 0) is 30.5 Å². The molecule has 18 heavy (non-hydrogen) atoms. The molecular weight excluding hydrogens is 318 g/mol. The van der Waals surface area contributed by atoms with Crippen LogP contribution in [0.15, 0.2) is 22.7 Å². The zero-order valence-electron chi connectivity index (χ0n) is 10.1. The van der Waals surface area contributed by atoms with Crippen LogP contribution in [0.3, 0.4) is 0 Å². The number of aliphatic hydroxyl groups excluding tert-OH is 1. The minimum atomic E-state index is -0.311. The van der Waals surface area contributed by atoms with E-state index in [-0.39, 0.29) is 17.9 Å². The van der Waals surface area contributed by atoms with Gasteiger partial charge in [-0.15, -0.1) is 0 Å². The summed E-state index contributed by atoms with van der Waals surface area (Å²) in [4.78, 5) is 14.1. The Morgan fingerprint density at radius 2 is 2.28 bits per heavy atom. The highest BCUT2D eigenvalue weighted by atomic mass is 79.9. The molecule has 2 atom stereocenters. The van der Waals surface area contributed by atoms with Gasteiger partial charge >= 0.3 is 0 Å². The lowest BCUT2D eigenvalue weighted by atomic mass is 9.96. The van der Waals surface area contributed by atoms with Crippen molar-refractivity contribution in [2.24, 2.45) is 5.92 Å². The fraction of sp³-hybridized carbons (Fsp3) is 0.462. The van der Waals surface area contributed by atoms with Crippen LogP contribution >= 0.6 is 27.5 Å². The number of likely N-dealkylation sites (tertiary alicyclic amines) is 1. The fourth-order valence-electron chi connectivity index (χ4n) is 2.15. The van der Waals surface area contributed by atoms with Crippen LogP contribution in [-0.4, -0.2) is 35.1 Å². The molecule has 2 unspecified atom stereocenters. The molecule has 1 fully saturated rings. The lowest BCUT2D eigenvalue weighted by Crippen LogP contribution is -2.45. The van der Waals surface area contributed by atoms with Gasteiger partial charge in [0.25, 0.3) is 5.91 Å². The summed E-state index contributed by atoms with van der Waals surface area (Å²) in [6.45, 7) is 3.11. The third kappa shape index (κ3) is 2.87. The molecule has 0 aliphatic carbocycles. The largest absolute Gasteiger partial charge is 0.393 e. The van der Waals surface area contributed by atoms with Gasteiger partial charge in [0.15, 0.2) is 0 Å². The van der Waals surface area contributed by atoms with Crippen LogP contribution in [0.2, 0.25) is 5.02 Å². The van der Waals surface area contributed by atoms with Crippen LogP contribution < -0.4 is 0 Å². The average molecular weight is 333 g/mol. The van der Waals surface area contributed by atoms with Gasteiger partial charge in [-0.1, -0.05) is 34.5 Å². The Balaban J connectivity index is 2.16. The number of amides is 1. The van der Waals surface area contributed by atoms with Gasteiger partial charge in [0.1, 0.15) is 0 Å². The van der Waals surface area contributed by atoms with Gasteiger partial charge in [-0.25, -0.2) is 0 Å². The monoisotopic (exact) mass is 331 g/mol. The van der Waals surface area contributed by atoms with Gasteiger partial charge in [-0.2, -0.15) is 0 Å². The van der Waals surface area contributed by atoms with Crippen molar-refractivity contribution in [1.82, 2.24) is 4.90 Å². The number of carbonyl (C=O) groups is 1. The summed E-state index contributed by atoms with van der Waals surface area (Å²) >= 11 is 9.40. The van der Waals surface area contributed by atoms with E-state index in [4.69, 9.17) is 11.6 Å². The zero-order chi connectivity index (χ0) is 13.3. The lowest BCUT2D eigenvalue weighted by Gasteiger charge is -2.34. The number of nitrogens with zero attached hydrogens (tertiary/aromatic N) is 1. The molecule has 1 aromatic rings. The van der Waals surface area contributed by atoms with E-state index in [1.54, 1.807) is 23.1 Å². The Hall–Kier alpha value is -0.580. The molecule has 1 saturated heterocycles. The Morgan fingerprint density at radius 3 is 2.89 bits per heavy atom. The van der Waals surface area contributed by atoms with E-state index in [2.05, 4.69) is 15.9 Å². The van der Waals surface area contributed by atoms with E-state index in [1.807, 2.05) is 6.92 Å². The summed E-state index contributed by atoms with van der Waals surface area (Å²) in [5, 5.41) is 10.1. The average Bonchev–Trinajstić information content (AvgIpc) is 2.32. The maximum absolute atomic E-state index is 12.3. The summed E-state index contributed by atoms with van der Waals surface area (Å²) in [7, 11) is 0. The summed E-state index contributed by atoms with van der Waals surface area (Å²) in [5.74, 6) is 0.0446. The third-order valence-corrected chi connectivity index (χ3v) is 4.11. The SMILES string of the molecule is CC1CN(C(=O)c2ccc(Br)cc2Cl)CCC1O. The van der Waals surface area contributed by atoms with Crippen LogP contribution in [0.1, 0.15) is 23.7 Å². The molecule has 0 bridgehead atoms. The number of benzene rings is 1. The Labute approximate surface area is 120 Å². The fourth-order valence-corrected chi connectivity index (χ4v) is 2.91. The Morgan fingerprint density at radius 1 is 1.56 bits per heavy atom. The minimum absolute atomic E-state index is 0.0637. The highest BCUT2D eigenvalue weighted by Crippen LogP contribution is 2.25. The van der Waals surface area contributed by atoms with Crippen molar-refractivity contribution in [3.63, 3.8) is 0 Å². The highest BCUT2D eigenvalue weighted by molar-refractivity contribution is 9.10. The minimum Gasteiger partial charge on any atom is -0.393 e. The van der Waals surface area contributed by atoms with Gasteiger partial charge in [-0.3, -0.25) is 4.79 Å². The van der Waals surface area contributed by atoms with E-state index < -0.39 is 0 Å². The molecule has 1 amide bonds. The number of hydrogen-bond donors (Lipinski definition) is 1. The van der Waals surface area contributed by atoms with Crippen molar-refractivity contribution in [1.29, 1.82) is 0 Å². The first-order valence-corrected chi connectivity index (χ1v) is 7.08. The molecule has 0 aromatic heterocycles. The highest BCUT2D eigenvalue weighted by Gasteiger charge is 2.28. The summed E-state index contributed by atoms with van der Waals surface area (Å²) < 4.78 is 0.853. The molecule has 1 aromatic carbocycles. The van der Waals surface area contributed by atoms with Crippen LogP contribution in [0.5, 0.6) is 0 Å². The first kappa shape index (κ1) is 13.8. The van der Waals surface area contributed by atoms with Crippen molar-refractivity contribution >= 4 is 33.4 Å². The molecule has 3 nitrogen and oxygen atoms in total. The molecular formula is C13H15BrClNO2. The number of hydrogen-bond acceptors (Lipinski definition) is 2. The number of carbonyl (C=O) groups excluding carboxylic acids is 1. The molecule has 0 radical (unpaired) electrons. The number of aliphatic hydroxyl groups is 1.